The minimum absolute atomic E-state index is 0.200. The number of ether oxygens (including phenoxy) is 1. The monoisotopic (exact) mass is 431 g/mol. The summed E-state index contributed by atoms with van der Waals surface area (Å²) in [5, 5.41) is 4.26. The molecule has 32 heavy (non-hydrogen) atoms. The molecule has 0 aliphatic rings. The van der Waals surface area contributed by atoms with Crippen LogP contribution in [0.25, 0.3) is 11.0 Å². The lowest BCUT2D eigenvalue weighted by molar-refractivity contribution is 0.0771. The van der Waals surface area contributed by atoms with Crippen molar-refractivity contribution < 1.29 is 9.53 Å². The fourth-order valence-electron chi connectivity index (χ4n) is 3.57. The quantitative estimate of drug-likeness (QED) is 0.428. The second kappa shape index (κ2) is 9.47. The fourth-order valence-corrected chi connectivity index (χ4v) is 3.57. The van der Waals surface area contributed by atoms with Crippen LogP contribution in [0.4, 0.5) is 0 Å². The molecule has 0 atom stereocenters. The van der Waals surface area contributed by atoms with E-state index >= 15 is 0 Å². The molecule has 0 spiro atoms. The average Bonchev–Trinajstić information content (AvgIpc) is 3.17. The maximum atomic E-state index is 13.0. The molecule has 1 amide bonds. The molecule has 0 saturated heterocycles. The lowest BCUT2D eigenvalue weighted by atomic mass is 10.3. The number of rotatable bonds is 8. The number of aryl methyl sites for hydroxylation is 1. The van der Waals surface area contributed by atoms with E-state index in [2.05, 4.69) is 21.6 Å². The molecule has 2 heterocycles. The van der Waals surface area contributed by atoms with Gasteiger partial charge in [0.25, 0.3) is 11.5 Å². The highest BCUT2D eigenvalue weighted by Gasteiger charge is 2.18. The predicted molar refractivity (Wildman–Crippen MR) is 122 cm³/mol. The van der Waals surface area contributed by atoms with E-state index in [4.69, 9.17) is 4.74 Å². The highest BCUT2D eigenvalue weighted by atomic mass is 16.5. The van der Waals surface area contributed by atoms with Gasteiger partial charge < -0.3 is 14.2 Å². The zero-order valence-electron chi connectivity index (χ0n) is 18.1. The molecule has 0 bridgehead atoms. The van der Waals surface area contributed by atoms with Crippen LogP contribution < -0.4 is 10.3 Å². The molecule has 164 valence electrons. The van der Waals surface area contributed by atoms with Gasteiger partial charge in [0.2, 0.25) is 0 Å². The summed E-state index contributed by atoms with van der Waals surface area (Å²) in [7, 11) is 1.71. The van der Waals surface area contributed by atoms with Crippen LogP contribution in [-0.2, 0) is 19.6 Å². The van der Waals surface area contributed by atoms with Gasteiger partial charge in [-0.05, 0) is 37.3 Å². The number of hydrogen-bond acceptors (Lipinski definition) is 5. The van der Waals surface area contributed by atoms with Crippen LogP contribution in [0, 0.1) is 0 Å². The fraction of sp³-hybridized carbons (Fsp3) is 0.250. The van der Waals surface area contributed by atoms with Crippen molar-refractivity contribution >= 4 is 16.9 Å². The van der Waals surface area contributed by atoms with Crippen molar-refractivity contribution in [1.82, 2.24) is 24.2 Å². The van der Waals surface area contributed by atoms with E-state index in [1.807, 2.05) is 54.6 Å². The summed E-state index contributed by atoms with van der Waals surface area (Å²) in [5.74, 6) is 1.23. The number of fused-ring (bicyclic) bond motifs is 1. The van der Waals surface area contributed by atoms with Crippen LogP contribution >= 0.6 is 0 Å². The molecule has 4 aromatic rings. The number of para-hydroxylation sites is 3. The summed E-state index contributed by atoms with van der Waals surface area (Å²) in [5.41, 5.74) is 1.85. The van der Waals surface area contributed by atoms with E-state index in [-0.39, 0.29) is 30.3 Å². The average molecular weight is 431 g/mol. The number of nitrogens with zero attached hydrogens (tertiary/aromatic N) is 5. The summed E-state index contributed by atoms with van der Waals surface area (Å²) in [4.78, 5) is 31.4. The van der Waals surface area contributed by atoms with Crippen molar-refractivity contribution in [2.75, 3.05) is 13.7 Å². The number of amides is 1. The van der Waals surface area contributed by atoms with Gasteiger partial charge in [-0.25, -0.2) is 9.67 Å². The molecule has 0 aliphatic heterocycles. The van der Waals surface area contributed by atoms with Crippen LogP contribution in [0.1, 0.15) is 23.2 Å². The first-order valence-corrected chi connectivity index (χ1v) is 10.5. The maximum absolute atomic E-state index is 13.0. The molecule has 0 radical (unpaired) electrons. The molecule has 8 heteroatoms. The summed E-state index contributed by atoms with van der Waals surface area (Å²) in [6.45, 7) is 3.64. The van der Waals surface area contributed by atoms with Gasteiger partial charge in [-0.1, -0.05) is 30.3 Å². The van der Waals surface area contributed by atoms with Gasteiger partial charge in [-0.3, -0.25) is 9.59 Å². The van der Waals surface area contributed by atoms with E-state index in [1.54, 1.807) is 11.9 Å². The lowest BCUT2D eigenvalue weighted by Gasteiger charge is -2.17. The first-order chi connectivity index (χ1) is 15.6. The van der Waals surface area contributed by atoms with Gasteiger partial charge in [0.1, 0.15) is 23.9 Å². The molecule has 0 N–H and O–H groups in total. The Morgan fingerprint density at radius 3 is 2.56 bits per heavy atom. The van der Waals surface area contributed by atoms with Crippen molar-refractivity contribution in [3.05, 3.63) is 88.6 Å². The summed E-state index contributed by atoms with van der Waals surface area (Å²) in [6.07, 6.45) is 0. The van der Waals surface area contributed by atoms with E-state index in [1.165, 1.54) is 16.8 Å². The summed E-state index contributed by atoms with van der Waals surface area (Å²) >= 11 is 0. The Kier molecular flexibility index (Phi) is 6.30. The van der Waals surface area contributed by atoms with Gasteiger partial charge in [0.15, 0.2) is 0 Å². The standard InChI is InChI=1S/C24H25N5O3/c1-3-28-21-12-8-7-11-19(21)25-22(28)17-27(2)24(31)20-13-14-23(30)29(26-20)15-16-32-18-9-5-4-6-10-18/h4-14H,3,15-17H2,1-2H3. The zero-order valence-corrected chi connectivity index (χ0v) is 18.1. The molecule has 0 aliphatic carbocycles. The Morgan fingerprint density at radius 2 is 1.78 bits per heavy atom. The lowest BCUT2D eigenvalue weighted by Crippen LogP contribution is -2.32. The number of carbonyl (C=O) groups excluding carboxylic acids is 1. The zero-order chi connectivity index (χ0) is 22.5. The second-order valence-corrected chi connectivity index (χ2v) is 7.36. The van der Waals surface area contributed by atoms with Crippen LogP contribution in [0.5, 0.6) is 5.75 Å². The van der Waals surface area contributed by atoms with Gasteiger partial charge in [0.05, 0.1) is 24.1 Å². The summed E-state index contributed by atoms with van der Waals surface area (Å²) in [6, 6.07) is 20.1. The number of imidazole rings is 1. The Bertz CT molecular complexity index is 1280. The highest BCUT2D eigenvalue weighted by Crippen LogP contribution is 2.17. The second-order valence-electron chi connectivity index (χ2n) is 7.36. The Morgan fingerprint density at radius 1 is 1.03 bits per heavy atom. The number of hydrogen-bond donors (Lipinski definition) is 0. The maximum Gasteiger partial charge on any atom is 0.274 e. The SMILES string of the molecule is CCn1c(CN(C)C(=O)c2ccc(=O)n(CCOc3ccccc3)n2)nc2ccccc21. The first-order valence-electron chi connectivity index (χ1n) is 10.5. The first kappa shape index (κ1) is 21.3. The highest BCUT2D eigenvalue weighted by molar-refractivity contribution is 5.91. The minimum Gasteiger partial charge on any atom is -0.492 e. The van der Waals surface area contributed by atoms with E-state index in [9.17, 15) is 9.59 Å². The number of carbonyl (C=O) groups is 1. The normalized spacial score (nSPS) is 10.9. The molecule has 0 unspecified atom stereocenters. The molecule has 0 saturated carbocycles. The molecule has 0 fully saturated rings. The van der Waals surface area contributed by atoms with Crippen molar-refractivity contribution in [3.8, 4) is 5.75 Å². The third-order valence-electron chi connectivity index (χ3n) is 5.18. The van der Waals surface area contributed by atoms with Gasteiger partial charge in [-0.2, -0.15) is 5.10 Å². The third-order valence-corrected chi connectivity index (χ3v) is 5.18. The number of aromatic nitrogens is 4. The molecule has 2 aromatic heterocycles. The van der Waals surface area contributed by atoms with Crippen LogP contribution in [0.2, 0.25) is 0 Å². The third kappa shape index (κ3) is 4.54. The van der Waals surface area contributed by atoms with Crippen molar-refractivity contribution in [2.24, 2.45) is 0 Å². The van der Waals surface area contributed by atoms with Crippen LogP contribution in [0.15, 0.2) is 71.5 Å². The van der Waals surface area contributed by atoms with Crippen LogP contribution in [-0.4, -0.2) is 43.8 Å². The molecular weight excluding hydrogens is 406 g/mol. The Hall–Kier alpha value is -3.94. The van der Waals surface area contributed by atoms with Gasteiger partial charge in [-0.15, -0.1) is 0 Å². The predicted octanol–water partition coefficient (Wildman–Crippen LogP) is 2.96. The molecular formula is C24H25N5O3. The van der Waals surface area contributed by atoms with E-state index in [0.29, 0.717) is 12.3 Å². The molecule has 4 rings (SSSR count). The smallest absolute Gasteiger partial charge is 0.274 e. The molecule has 8 nitrogen and oxygen atoms in total. The topological polar surface area (TPSA) is 82.2 Å². The Balaban J connectivity index is 1.47. The Labute approximate surface area is 185 Å². The van der Waals surface area contributed by atoms with Crippen LogP contribution in [0.3, 0.4) is 0 Å². The largest absolute Gasteiger partial charge is 0.492 e. The van der Waals surface area contributed by atoms with E-state index < -0.39 is 0 Å². The minimum atomic E-state index is -0.284. The van der Waals surface area contributed by atoms with Gasteiger partial charge >= 0.3 is 0 Å². The van der Waals surface area contributed by atoms with E-state index in [0.717, 1.165) is 23.4 Å². The molecule has 2 aromatic carbocycles. The van der Waals surface area contributed by atoms with Gasteiger partial charge in [0, 0.05) is 19.7 Å². The summed E-state index contributed by atoms with van der Waals surface area (Å²) < 4.78 is 8.99. The van der Waals surface area contributed by atoms with Crippen molar-refractivity contribution in [3.63, 3.8) is 0 Å². The van der Waals surface area contributed by atoms with Crippen molar-refractivity contribution in [2.45, 2.75) is 26.6 Å². The van der Waals surface area contributed by atoms with Crippen molar-refractivity contribution in [1.29, 1.82) is 0 Å². The number of benzene rings is 2.